The third kappa shape index (κ3) is 12.0. The van der Waals surface area contributed by atoms with Gasteiger partial charge in [0.15, 0.2) is 0 Å². The Labute approximate surface area is 543 Å². The number of ether oxygens (including phenoxy) is 1. The van der Waals surface area contributed by atoms with Crippen molar-refractivity contribution in [3.63, 3.8) is 0 Å². The van der Waals surface area contributed by atoms with E-state index in [1.807, 2.05) is 36.5 Å². The van der Waals surface area contributed by atoms with Gasteiger partial charge in [-0.25, -0.2) is 13.8 Å². The average molecular weight is 1360 g/mol. The first-order valence-corrected chi connectivity index (χ1v) is 30.7. The van der Waals surface area contributed by atoms with Crippen LogP contribution in [0.2, 0.25) is 0 Å². The van der Waals surface area contributed by atoms with E-state index < -0.39 is 11.6 Å². The van der Waals surface area contributed by atoms with Crippen LogP contribution in [0.4, 0.5) is 31.5 Å². The number of para-hydroxylation sites is 3. The van der Waals surface area contributed by atoms with Gasteiger partial charge in [0, 0.05) is 78.5 Å². The van der Waals surface area contributed by atoms with Gasteiger partial charge in [0.2, 0.25) is 0 Å². The van der Waals surface area contributed by atoms with Gasteiger partial charge in [0.1, 0.15) is 17.5 Å². The molecule has 0 amide bonds. The molecule has 0 aliphatic carbocycles. The van der Waals surface area contributed by atoms with Crippen LogP contribution in [0.1, 0.15) is 105 Å². The van der Waals surface area contributed by atoms with Crippen LogP contribution >= 0.6 is 0 Å². The zero-order chi connectivity index (χ0) is 62.3. The van der Waals surface area contributed by atoms with Gasteiger partial charge in [-0.15, -0.1) is 53.6 Å². The molecule has 13 rings (SSSR count). The third-order valence-corrected chi connectivity index (χ3v) is 17.2. The molecule has 12 aromatic rings. The summed E-state index contributed by atoms with van der Waals surface area (Å²) in [5.41, 5.74) is 18.0. The first-order valence-electron chi connectivity index (χ1n) is 30.7. The SMILES string of the molecule is CC(C)(C)c1cc(-c2cc(C(C)(C)C)cc(-c3cc(F)cc(F)c3)c2N2[CH-]N(c3[c-]c(Oc4[c-]c5c(cc4)c4ccccc4n5-c4cc(C(C)(C)C)ccn4)cc(-c4cc(-c5ccccc5)cc(-c5ccccc5)c4)c3)c3ccccc32)cc(C(C)(C)C)c1.[Pt]. The molecule has 0 saturated carbocycles. The summed E-state index contributed by atoms with van der Waals surface area (Å²) in [4.78, 5) is 9.32. The molecule has 3 heterocycles. The summed E-state index contributed by atoms with van der Waals surface area (Å²) in [7, 11) is 0. The second-order valence-electron chi connectivity index (χ2n) is 27.8. The van der Waals surface area contributed by atoms with E-state index in [0.717, 1.165) is 101 Å². The van der Waals surface area contributed by atoms with E-state index in [4.69, 9.17) is 9.72 Å². The molecule has 1 aliphatic heterocycles. The molecular formula is C82H73F2N4OPt-3. The number of fused-ring (bicyclic) bond motifs is 4. The van der Waals surface area contributed by atoms with Crippen LogP contribution in [0.3, 0.4) is 0 Å². The van der Waals surface area contributed by atoms with Crippen LogP contribution < -0.4 is 14.5 Å². The minimum atomic E-state index is -0.652. The van der Waals surface area contributed by atoms with Crippen molar-refractivity contribution >= 4 is 44.6 Å². The van der Waals surface area contributed by atoms with Gasteiger partial charge in [-0.3, -0.25) is 0 Å². The molecule has 454 valence electrons. The molecule has 0 spiro atoms. The standard InChI is InChI=1S/C82H73F2N4O.Pt/c1-79(2,3)60-33-34-85-77(47-60)88-73-28-20-19-27-69(73)70-32-31-67(50-76(70)88)89-68-43-57(56-36-54(52-23-15-13-16-24-52)35-55(37-56)53-25-17-14-18-26-53)42-66(49-68)86-51-87(75-30-22-21-29-74(75)86)78-71(58-38-61(80(4,5)6)44-62(39-58)81(7,8)9)45-63(82(10,11)12)46-72(78)59-40-64(83)48-65(84)41-59;/h13-48,51H,1-12H3;/q-3;. The van der Waals surface area contributed by atoms with Crippen molar-refractivity contribution in [3.8, 4) is 73.0 Å². The molecule has 0 saturated heterocycles. The maximum Gasteiger partial charge on any atom is 0.135 e. The van der Waals surface area contributed by atoms with E-state index in [0.29, 0.717) is 28.3 Å². The molecule has 0 bridgehead atoms. The van der Waals surface area contributed by atoms with Crippen LogP contribution in [-0.2, 0) is 42.7 Å². The number of pyridine rings is 1. The second-order valence-corrected chi connectivity index (χ2v) is 27.8. The van der Waals surface area contributed by atoms with Crippen LogP contribution in [0.5, 0.6) is 11.5 Å². The van der Waals surface area contributed by atoms with E-state index in [1.54, 1.807) is 0 Å². The summed E-state index contributed by atoms with van der Waals surface area (Å²) in [5.74, 6) is 0.471. The molecule has 0 radical (unpaired) electrons. The van der Waals surface area contributed by atoms with Crippen LogP contribution in [-0.4, -0.2) is 9.55 Å². The van der Waals surface area contributed by atoms with Crippen LogP contribution in [0.25, 0.3) is 83.3 Å². The minimum absolute atomic E-state index is 0. The van der Waals surface area contributed by atoms with Gasteiger partial charge in [-0.1, -0.05) is 198 Å². The van der Waals surface area contributed by atoms with E-state index in [9.17, 15) is 0 Å². The summed E-state index contributed by atoms with van der Waals surface area (Å²) >= 11 is 0. The third-order valence-electron chi connectivity index (χ3n) is 17.2. The van der Waals surface area contributed by atoms with E-state index in [2.05, 4.69) is 280 Å². The fourth-order valence-electron chi connectivity index (χ4n) is 12.2. The molecule has 0 fully saturated rings. The molecule has 90 heavy (non-hydrogen) atoms. The van der Waals surface area contributed by atoms with Gasteiger partial charge in [-0.2, -0.15) is 6.07 Å². The Hall–Kier alpha value is -8.90. The van der Waals surface area contributed by atoms with Gasteiger partial charge in [0.05, 0.1) is 0 Å². The summed E-state index contributed by atoms with van der Waals surface area (Å²) in [6.07, 6.45) is 1.89. The van der Waals surface area contributed by atoms with E-state index in [-0.39, 0.29) is 42.7 Å². The Balaban J connectivity index is 0.00000785. The predicted octanol–water partition coefficient (Wildman–Crippen LogP) is 22.8. The number of anilines is 4. The van der Waals surface area contributed by atoms with Crippen molar-refractivity contribution in [1.82, 2.24) is 9.55 Å². The second kappa shape index (κ2) is 23.5. The quantitative estimate of drug-likeness (QED) is 0.128. The minimum Gasteiger partial charge on any atom is -0.509 e. The molecule has 10 aromatic carbocycles. The number of benzene rings is 10. The monoisotopic (exact) mass is 1360 g/mol. The number of aromatic nitrogens is 2. The Morgan fingerprint density at radius 2 is 0.900 bits per heavy atom. The number of nitrogens with zero attached hydrogens (tertiary/aromatic N) is 4. The zero-order valence-corrected chi connectivity index (χ0v) is 55.4. The predicted molar refractivity (Wildman–Crippen MR) is 366 cm³/mol. The maximum absolute atomic E-state index is 15.9. The molecular weight excluding hydrogens is 1290 g/mol. The largest absolute Gasteiger partial charge is 0.509 e. The van der Waals surface area contributed by atoms with Crippen molar-refractivity contribution in [1.29, 1.82) is 0 Å². The van der Waals surface area contributed by atoms with Gasteiger partial charge in [-0.05, 0) is 161 Å². The summed E-state index contributed by atoms with van der Waals surface area (Å²) in [6, 6.07) is 79.8. The smallest absolute Gasteiger partial charge is 0.135 e. The van der Waals surface area contributed by atoms with Crippen molar-refractivity contribution in [3.05, 3.63) is 271 Å². The van der Waals surface area contributed by atoms with Crippen LogP contribution in [0.15, 0.2) is 219 Å². The summed E-state index contributed by atoms with van der Waals surface area (Å²) in [6.45, 7) is 28.8. The Morgan fingerprint density at radius 1 is 0.400 bits per heavy atom. The number of halogens is 2. The maximum atomic E-state index is 15.9. The van der Waals surface area contributed by atoms with Gasteiger partial charge in [0.25, 0.3) is 0 Å². The Kier molecular flexibility index (Phi) is 16.0. The first kappa shape index (κ1) is 61.3. The zero-order valence-electron chi connectivity index (χ0n) is 53.1. The fraction of sp³-hybridized carbons (Fsp3) is 0.195. The topological polar surface area (TPSA) is 33.5 Å². The number of hydrogen-bond acceptors (Lipinski definition) is 4. The van der Waals surface area contributed by atoms with E-state index in [1.165, 1.54) is 28.8 Å². The van der Waals surface area contributed by atoms with E-state index >= 15 is 8.78 Å². The molecule has 8 heteroatoms. The molecule has 0 atom stereocenters. The Morgan fingerprint density at radius 3 is 1.48 bits per heavy atom. The van der Waals surface area contributed by atoms with Crippen LogP contribution in [0, 0.1) is 30.4 Å². The molecule has 1 aliphatic rings. The Bertz CT molecular complexity index is 4580. The normalized spacial score (nSPS) is 12.8. The molecule has 5 nitrogen and oxygen atoms in total. The van der Waals surface area contributed by atoms with Crippen molar-refractivity contribution in [2.45, 2.75) is 105 Å². The number of hydrogen-bond donors (Lipinski definition) is 0. The fourth-order valence-corrected chi connectivity index (χ4v) is 12.2. The van der Waals surface area contributed by atoms with Gasteiger partial charge >= 0.3 is 0 Å². The van der Waals surface area contributed by atoms with Crippen molar-refractivity contribution < 1.29 is 34.6 Å². The average Bonchev–Trinajstić information content (AvgIpc) is 1.47. The van der Waals surface area contributed by atoms with Gasteiger partial charge < -0.3 is 19.1 Å². The first-order chi connectivity index (χ1) is 42.4. The summed E-state index contributed by atoms with van der Waals surface area (Å²) in [5, 5.41) is 2.11. The van der Waals surface area contributed by atoms with Crippen molar-refractivity contribution in [2.75, 3.05) is 9.80 Å². The molecule has 0 unspecified atom stereocenters. The molecule has 0 N–H and O–H groups in total. The summed E-state index contributed by atoms with van der Waals surface area (Å²) < 4.78 is 41.1. The molecule has 2 aromatic heterocycles. The van der Waals surface area contributed by atoms with Crippen molar-refractivity contribution in [2.24, 2.45) is 0 Å². The number of rotatable bonds is 10.